The quantitative estimate of drug-likeness (QED) is 0.0741. The predicted molar refractivity (Wildman–Crippen MR) is 192 cm³/mol. The second-order valence-electron chi connectivity index (χ2n) is 12.1. The van der Waals surface area contributed by atoms with Crippen LogP contribution >= 0.6 is 0 Å². The molecular formula is C41H43F3O8. The van der Waals surface area contributed by atoms with Gasteiger partial charge in [0.15, 0.2) is 0 Å². The molecule has 0 radical (unpaired) electrons. The Bertz CT molecular complexity index is 1760. The van der Waals surface area contributed by atoms with E-state index < -0.39 is 37.7 Å². The first-order valence-corrected chi connectivity index (χ1v) is 16.9. The molecule has 0 fully saturated rings. The zero-order valence-corrected chi connectivity index (χ0v) is 28.8. The molecule has 0 aromatic heterocycles. The normalized spacial score (nSPS) is 14.0. The number of carbonyl (C=O) groups is 2. The third-order valence-electron chi connectivity index (χ3n) is 8.23. The fourth-order valence-electron chi connectivity index (χ4n) is 5.47. The average molecular weight is 721 g/mol. The van der Waals surface area contributed by atoms with Gasteiger partial charge in [-0.1, -0.05) is 86.0 Å². The van der Waals surface area contributed by atoms with Crippen molar-refractivity contribution in [2.24, 2.45) is 0 Å². The number of halogens is 3. The highest BCUT2D eigenvalue weighted by Gasteiger charge is 2.26. The van der Waals surface area contributed by atoms with Crippen molar-refractivity contribution in [3.05, 3.63) is 120 Å². The van der Waals surface area contributed by atoms with Crippen LogP contribution in [-0.4, -0.2) is 74.1 Å². The zero-order valence-electron chi connectivity index (χ0n) is 28.8. The number of hydrogen-bond donors (Lipinski definition) is 2. The number of benzene rings is 3. The second kappa shape index (κ2) is 19.6. The number of aryl methyl sites for hydroxylation is 1. The van der Waals surface area contributed by atoms with Crippen molar-refractivity contribution in [3.8, 4) is 28.0 Å². The van der Waals surface area contributed by atoms with Crippen molar-refractivity contribution in [1.82, 2.24) is 0 Å². The molecule has 0 amide bonds. The van der Waals surface area contributed by atoms with E-state index in [1.54, 1.807) is 6.07 Å². The number of carbonyl (C=O) groups excluding carboxylic acids is 2. The number of allylic oxidation sites excluding steroid dienone is 2. The Morgan fingerprint density at radius 3 is 2.10 bits per heavy atom. The summed E-state index contributed by atoms with van der Waals surface area (Å²) < 4.78 is 60.4. The zero-order chi connectivity index (χ0) is 37.5. The lowest BCUT2D eigenvalue weighted by atomic mass is 9.89. The number of unbranched alkanes of at least 4 members (excludes halogenated alkanes) is 1. The molecule has 0 saturated carbocycles. The van der Waals surface area contributed by atoms with Crippen LogP contribution in [0.1, 0.15) is 36.8 Å². The highest BCUT2D eigenvalue weighted by atomic mass is 19.4. The van der Waals surface area contributed by atoms with E-state index in [1.807, 2.05) is 78.9 Å². The topological polar surface area (TPSA) is 112 Å². The third kappa shape index (κ3) is 12.4. The summed E-state index contributed by atoms with van der Waals surface area (Å²) in [6, 6.07) is 21.4. The number of aliphatic hydroxyl groups is 2. The van der Waals surface area contributed by atoms with E-state index in [0.717, 1.165) is 39.0 Å². The van der Waals surface area contributed by atoms with Gasteiger partial charge < -0.3 is 29.2 Å². The summed E-state index contributed by atoms with van der Waals surface area (Å²) in [7, 11) is 0. The molecule has 52 heavy (non-hydrogen) atoms. The van der Waals surface area contributed by atoms with Crippen molar-refractivity contribution >= 4 is 17.5 Å². The Morgan fingerprint density at radius 1 is 0.769 bits per heavy atom. The first kappa shape index (κ1) is 39.8. The second-order valence-corrected chi connectivity index (χ2v) is 12.1. The number of esters is 2. The van der Waals surface area contributed by atoms with Crippen molar-refractivity contribution in [1.29, 1.82) is 0 Å². The van der Waals surface area contributed by atoms with Gasteiger partial charge in [-0.05, 0) is 70.3 Å². The first-order chi connectivity index (χ1) is 25.0. The number of aliphatic hydroxyl groups excluding tert-OH is 2. The van der Waals surface area contributed by atoms with Crippen LogP contribution in [0, 0.1) is 0 Å². The Hall–Kier alpha value is -4.97. The molecule has 8 nitrogen and oxygen atoms in total. The highest BCUT2D eigenvalue weighted by molar-refractivity contribution is 5.88. The summed E-state index contributed by atoms with van der Waals surface area (Å²) in [6.07, 6.45) is 1.92. The lowest BCUT2D eigenvalue weighted by molar-refractivity contribution is -0.141. The predicted octanol–water partition coefficient (Wildman–Crippen LogP) is 7.59. The van der Waals surface area contributed by atoms with Crippen molar-refractivity contribution in [2.75, 3.05) is 39.6 Å². The molecule has 3 aromatic rings. The molecule has 4 rings (SSSR count). The van der Waals surface area contributed by atoms with E-state index in [1.165, 1.54) is 0 Å². The van der Waals surface area contributed by atoms with E-state index in [2.05, 4.69) is 13.2 Å². The molecule has 0 spiro atoms. The van der Waals surface area contributed by atoms with Gasteiger partial charge in [-0.15, -0.1) is 0 Å². The van der Waals surface area contributed by atoms with Crippen LogP contribution in [0.15, 0.2) is 109 Å². The Kier molecular flexibility index (Phi) is 15.0. The maximum absolute atomic E-state index is 12.9. The van der Waals surface area contributed by atoms with Crippen LogP contribution < -0.4 is 4.74 Å². The highest BCUT2D eigenvalue weighted by Crippen LogP contribution is 2.34. The van der Waals surface area contributed by atoms with E-state index in [-0.39, 0.29) is 50.1 Å². The largest absolute Gasteiger partial charge is 0.490 e. The van der Waals surface area contributed by atoms with E-state index >= 15 is 0 Å². The molecule has 11 heteroatoms. The summed E-state index contributed by atoms with van der Waals surface area (Å²) >= 11 is 0. The van der Waals surface area contributed by atoms with Gasteiger partial charge in [0, 0.05) is 12.8 Å². The van der Waals surface area contributed by atoms with Gasteiger partial charge in [0.2, 0.25) is 0 Å². The van der Waals surface area contributed by atoms with Gasteiger partial charge in [-0.3, -0.25) is 0 Å². The van der Waals surface area contributed by atoms with Crippen molar-refractivity contribution in [2.45, 2.75) is 44.4 Å². The summed E-state index contributed by atoms with van der Waals surface area (Å²) in [5.41, 5.74) is 6.52. The van der Waals surface area contributed by atoms with Crippen LogP contribution in [-0.2, 0) is 30.2 Å². The van der Waals surface area contributed by atoms with Crippen LogP contribution in [0.4, 0.5) is 13.2 Å². The molecule has 276 valence electrons. The number of hydrogen-bond acceptors (Lipinski definition) is 8. The number of alkyl halides is 3. The van der Waals surface area contributed by atoms with E-state index in [9.17, 15) is 22.8 Å². The smallest absolute Gasteiger partial charge is 0.389 e. The van der Waals surface area contributed by atoms with Crippen LogP contribution in [0.25, 0.3) is 27.8 Å². The van der Waals surface area contributed by atoms with Gasteiger partial charge in [-0.2, -0.15) is 13.2 Å². The van der Waals surface area contributed by atoms with Crippen LogP contribution in [0.3, 0.4) is 0 Å². The first-order valence-electron chi connectivity index (χ1n) is 16.9. The maximum atomic E-state index is 12.9. The molecule has 1 unspecified atom stereocenters. The lowest BCUT2D eigenvalue weighted by Gasteiger charge is -2.21. The third-order valence-corrected chi connectivity index (χ3v) is 8.23. The van der Waals surface area contributed by atoms with Gasteiger partial charge in [-0.25, -0.2) is 9.59 Å². The molecule has 2 N–H and O–H groups in total. The molecule has 1 aliphatic carbocycles. The minimum Gasteiger partial charge on any atom is -0.490 e. The summed E-state index contributed by atoms with van der Waals surface area (Å²) in [5, 5.41) is 18.0. The maximum Gasteiger partial charge on any atom is 0.389 e. The molecule has 1 atom stereocenters. The van der Waals surface area contributed by atoms with E-state index in [4.69, 9.17) is 29.2 Å². The molecule has 0 heterocycles. The fraction of sp³-hybridized carbons (Fsp3) is 0.317. The number of ether oxygens (including phenoxy) is 4. The Balaban J connectivity index is 1.44. The summed E-state index contributed by atoms with van der Waals surface area (Å²) in [5.74, 6) is -0.769. The van der Waals surface area contributed by atoms with Gasteiger partial charge in [0.1, 0.15) is 25.6 Å². The lowest BCUT2D eigenvalue weighted by Crippen LogP contribution is -2.19. The SMILES string of the molecule is C=C(CO)C(=O)OCCOc1cccc(-c2ccc(-c3ccc(C4=CC=CC(OCCOC(=O)C(=C)CO)C4)cc3CCCCC(F)(F)F)cc2)c1. The number of rotatable bonds is 19. The molecule has 0 saturated heterocycles. The minimum absolute atomic E-state index is 0.00114. The van der Waals surface area contributed by atoms with Crippen LogP contribution in [0.5, 0.6) is 5.75 Å². The van der Waals surface area contributed by atoms with Gasteiger partial charge in [0.05, 0.1) is 37.1 Å². The molecule has 0 bridgehead atoms. The molecule has 3 aromatic carbocycles. The van der Waals surface area contributed by atoms with Gasteiger partial charge >= 0.3 is 18.1 Å². The molecular weight excluding hydrogens is 677 g/mol. The molecule has 0 aliphatic heterocycles. The van der Waals surface area contributed by atoms with Crippen LogP contribution in [0.2, 0.25) is 0 Å². The Labute approximate surface area is 301 Å². The van der Waals surface area contributed by atoms with Gasteiger partial charge in [0.25, 0.3) is 0 Å². The average Bonchev–Trinajstić information content (AvgIpc) is 3.15. The standard InChI is InChI=1S/C41H43F3O8/c1-28(26-45)39(47)51-21-19-49-36-10-5-8-32(24-36)30-12-14-31(15-13-30)38-17-16-34(23-35(38)7-3-4-18-41(42,43)44)33-9-6-11-37(25-33)50-20-22-52-40(48)29(2)27-46/h5-6,8-17,23-24,37,45-46H,1-4,7,18-22,25-27H2. The minimum atomic E-state index is -4.20. The summed E-state index contributed by atoms with van der Waals surface area (Å²) in [4.78, 5) is 23.4. The monoisotopic (exact) mass is 720 g/mol. The molecule has 1 aliphatic rings. The van der Waals surface area contributed by atoms with E-state index in [0.29, 0.717) is 25.0 Å². The fourth-order valence-corrected chi connectivity index (χ4v) is 5.47. The van der Waals surface area contributed by atoms with Crippen molar-refractivity contribution in [3.63, 3.8) is 0 Å². The Morgan fingerprint density at radius 2 is 1.42 bits per heavy atom. The van der Waals surface area contributed by atoms with Crippen molar-refractivity contribution < 1.29 is 51.9 Å². The summed E-state index contributed by atoms with van der Waals surface area (Å²) in [6.45, 7) is 6.20.